The van der Waals surface area contributed by atoms with Gasteiger partial charge >= 0.3 is 0 Å². The van der Waals surface area contributed by atoms with Gasteiger partial charge in [0.1, 0.15) is 5.75 Å². The number of hydrogen-bond acceptors (Lipinski definition) is 2. The lowest BCUT2D eigenvalue weighted by atomic mass is 10.2. The fourth-order valence-corrected chi connectivity index (χ4v) is 7.85. The van der Waals surface area contributed by atoms with Gasteiger partial charge in [-0.15, -0.1) is 0 Å². The van der Waals surface area contributed by atoms with Crippen LogP contribution in [0, 0.1) is 0 Å². The van der Waals surface area contributed by atoms with Crippen LogP contribution in [0.15, 0.2) is 54.6 Å². The van der Waals surface area contributed by atoms with E-state index in [0.29, 0.717) is 4.87 Å². The highest BCUT2D eigenvalue weighted by Crippen LogP contribution is 2.39. The van der Waals surface area contributed by atoms with Gasteiger partial charge in [-0.25, -0.2) is 0 Å². The summed E-state index contributed by atoms with van der Waals surface area (Å²) in [7, 11) is -2.80. The Morgan fingerprint density at radius 3 is 1.92 bits per heavy atom. The second kappa shape index (κ2) is 7.94. The Hall–Kier alpha value is -0.976. The molecule has 0 aliphatic carbocycles. The van der Waals surface area contributed by atoms with Crippen molar-refractivity contribution in [2.45, 2.75) is 49.9 Å². The van der Waals surface area contributed by atoms with Gasteiger partial charge in [0.05, 0.1) is 8.07 Å². The van der Waals surface area contributed by atoms with Crippen LogP contribution in [0.3, 0.4) is 0 Å². The third-order valence-electron chi connectivity index (χ3n) is 3.65. The summed E-state index contributed by atoms with van der Waals surface area (Å²) in [4.78, 5) is 0.622. The van der Waals surface area contributed by atoms with Crippen LogP contribution in [-0.2, 0) is 5.75 Å². The summed E-state index contributed by atoms with van der Waals surface area (Å²) in [6, 6.07) is 19.7. The van der Waals surface area contributed by atoms with Crippen LogP contribution in [0.5, 0.6) is 5.75 Å². The third kappa shape index (κ3) is 6.15. The topological polar surface area (TPSA) is 9.23 Å². The summed E-state index contributed by atoms with van der Waals surface area (Å²) in [5.41, 5.74) is 2.85. The summed E-state index contributed by atoms with van der Waals surface area (Å²) in [5, 5.41) is 0. The highest BCUT2D eigenvalue weighted by atomic mass is 32.2. The minimum absolute atomic E-state index is 0.622. The molecule has 0 fully saturated rings. The molecule has 0 amide bonds. The normalized spacial score (nSPS) is 13.6. The zero-order valence-corrected chi connectivity index (χ0v) is 18.6. The number of thioether (sulfide) groups is 1. The van der Waals surface area contributed by atoms with Crippen molar-refractivity contribution in [2.24, 2.45) is 0 Å². The van der Waals surface area contributed by atoms with Crippen molar-refractivity contribution in [1.82, 2.24) is 0 Å². The average Bonchev–Trinajstić information content (AvgIpc) is 2.47. The minimum Gasteiger partial charge on any atom is -0.544 e. The molecule has 0 aliphatic rings. The van der Waals surface area contributed by atoms with Crippen molar-refractivity contribution in [3.05, 3.63) is 65.7 Å². The predicted molar refractivity (Wildman–Crippen MR) is 114 cm³/mol. The van der Waals surface area contributed by atoms with Crippen molar-refractivity contribution in [2.75, 3.05) is 0 Å². The van der Waals surface area contributed by atoms with E-state index in [2.05, 4.69) is 106 Å². The maximum atomic E-state index is 6.04. The molecule has 2 rings (SSSR count). The zero-order valence-electron chi connectivity index (χ0n) is 15.8. The first kappa shape index (κ1) is 19.3. The molecule has 0 aliphatic heterocycles. The second-order valence-corrected chi connectivity index (χ2v) is 19.6. The van der Waals surface area contributed by atoms with Crippen LogP contribution in [-0.4, -0.2) is 16.4 Å². The van der Waals surface area contributed by atoms with Crippen LogP contribution in [0.2, 0.25) is 39.3 Å². The van der Waals surface area contributed by atoms with E-state index in [-0.39, 0.29) is 0 Å². The average molecular weight is 375 g/mol. The van der Waals surface area contributed by atoms with E-state index in [1.54, 1.807) is 0 Å². The molecule has 24 heavy (non-hydrogen) atoms. The van der Waals surface area contributed by atoms with E-state index in [1.807, 2.05) is 0 Å². The summed E-state index contributed by atoms with van der Waals surface area (Å²) >= 11 is 2.08. The maximum absolute atomic E-state index is 6.04. The van der Waals surface area contributed by atoms with Crippen LogP contribution >= 0.6 is 11.8 Å². The molecule has 4 heteroatoms. The molecular weight excluding hydrogens is 344 g/mol. The monoisotopic (exact) mass is 374 g/mol. The first-order valence-corrected chi connectivity index (χ1v) is 16.6. The van der Waals surface area contributed by atoms with E-state index in [1.165, 1.54) is 11.1 Å². The molecule has 0 spiro atoms. The van der Waals surface area contributed by atoms with Crippen LogP contribution in [0.25, 0.3) is 0 Å². The first-order valence-electron chi connectivity index (χ1n) is 8.60. The van der Waals surface area contributed by atoms with Crippen LogP contribution < -0.4 is 4.43 Å². The van der Waals surface area contributed by atoms with E-state index < -0.39 is 16.4 Å². The molecule has 1 unspecified atom stereocenters. The van der Waals surface area contributed by atoms with Gasteiger partial charge in [0, 0.05) is 10.6 Å². The molecule has 2 aromatic rings. The Balaban J connectivity index is 2.04. The molecule has 1 nitrogen and oxygen atoms in total. The van der Waals surface area contributed by atoms with Crippen LogP contribution in [0.1, 0.15) is 16.0 Å². The lowest BCUT2D eigenvalue weighted by Gasteiger charge is -2.29. The second-order valence-electron chi connectivity index (χ2n) is 8.33. The highest BCUT2D eigenvalue weighted by Gasteiger charge is 2.28. The van der Waals surface area contributed by atoms with Crippen molar-refractivity contribution in [1.29, 1.82) is 0 Å². The maximum Gasteiger partial charge on any atom is 0.242 e. The highest BCUT2D eigenvalue weighted by molar-refractivity contribution is 8.00. The molecule has 0 heterocycles. The van der Waals surface area contributed by atoms with Gasteiger partial charge in [0.15, 0.2) is 0 Å². The smallest absolute Gasteiger partial charge is 0.242 e. The Labute approximate surface area is 154 Å². The molecule has 0 aromatic heterocycles. The Bertz CT molecular complexity index is 627. The molecule has 0 saturated carbocycles. The zero-order chi connectivity index (χ0) is 17.8. The number of hydrogen-bond donors (Lipinski definition) is 0. The molecule has 0 radical (unpaired) electrons. The molecule has 0 saturated heterocycles. The fourth-order valence-electron chi connectivity index (χ4n) is 2.66. The van der Waals surface area contributed by atoms with Gasteiger partial charge < -0.3 is 4.43 Å². The molecule has 130 valence electrons. The quantitative estimate of drug-likeness (QED) is 0.495. The van der Waals surface area contributed by atoms with Gasteiger partial charge in [0.25, 0.3) is 0 Å². The lowest BCUT2D eigenvalue weighted by Crippen LogP contribution is -2.29. The Morgan fingerprint density at radius 1 is 0.833 bits per heavy atom. The molecule has 1 atom stereocenters. The minimum atomic E-state index is -1.52. The predicted octanol–water partition coefficient (Wildman–Crippen LogP) is 6.75. The third-order valence-corrected chi connectivity index (χ3v) is 10.1. The summed E-state index contributed by atoms with van der Waals surface area (Å²) < 4.78 is 6.04. The molecule has 0 bridgehead atoms. The van der Waals surface area contributed by atoms with Gasteiger partial charge in [-0.3, -0.25) is 0 Å². The van der Waals surface area contributed by atoms with Gasteiger partial charge in [0.2, 0.25) is 8.32 Å². The Morgan fingerprint density at radius 2 is 1.42 bits per heavy atom. The SMILES string of the molecule is C[Si](C)(C)Oc1ccc(CSC(c2ccccc2)[Si](C)(C)C)cc1. The van der Waals surface area contributed by atoms with Gasteiger partial charge in [-0.2, -0.15) is 11.8 Å². The standard InChI is InChI=1S/C20H30OSSi2/c1-23(2,3)20(18-10-8-7-9-11-18)22-16-17-12-14-19(15-13-17)21-24(4,5)6/h7-15,20H,16H2,1-6H3. The molecule has 2 aromatic carbocycles. The first-order chi connectivity index (χ1) is 11.1. The molecular formula is C20H30OSSi2. The van der Waals surface area contributed by atoms with Crippen molar-refractivity contribution < 1.29 is 4.43 Å². The van der Waals surface area contributed by atoms with E-state index >= 15 is 0 Å². The largest absolute Gasteiger partial charge is 0.544 e. The van der Waals surface area contributed by atoms with Crippen LogP contribution in [0.4, 0.5) is 0 Å². The van der Waals surface area contributed by atoms with E-state index in [9.17, 15) is 0 Å². The Kier molecular flexibility index (Phi) is 6.40. The summed E-state index contributed by atoms with van der Waals surface area (Å²) in [6.45, 7) is 14.0. The molecule has 0 N–H and O–H groups in total. The van der Waals surface area contributed by atoms with Crippen molar-refractivity contribution in [3.8, 4) is 5.75 Å². The summed E-state index contributed by atoms with van der Waals surface area (Å²) in [5.74, 6) is 2.06. The van der Waals surface area contributed by atoms with Gasteiger partial charge in [-0.05, 0) is 42.9 Å². The van der Waals surface area contributed by atoms with E-state index in [4.69, 9.17) is 4.43 Å². The fraction of sp³-hybridized carbons (Fsp3) is 0.400. The number of benzene rings is 2. The van der Waals surface area contributed by atoms with Gasteiger partial charge in [-0.1, -0.05) is 62.1 Å². The summed E-state index contributed by atoms with van der Waals surface area (Å²) in [6.07, 6.45) is 0. The number of rotatable bonds is 7. The van der Waals surface area contributed by atoms with Crippen molar-refractivity contribution in [3.63, 3.8) is 0 Å². The van der Waals surface area contributed by atoms with E-state index in [0.717, 1.165) is 11.5 Å². The van der Waals surface area contributed by atoms with Crippen molar-refractivity contribution >= 4 is 28.2 Å². The lowest BCUT2D eigenvalue weighted by molar-refractivity contribution is 0.557.